The molecular weight excluding hydrogens is 316 g/mol. The Morgan fingerprint density at radius 2 is 1.83 bits per heavy atom. The highest BCUT2D eigenvalue weighted by molar-refractivity contribution is 6.30. The Bertz CT molecular complexity index is 701. The van der Waals surface area contributed by atoms with Crippen LogP contribution in [0.5, 0.6) is 5.75 Å². The lowest BCUT2D eigenvalue weighted by atomic mass is 10.2. The van der Waals surface area contributed by atoms with Crippen LogP contribution in [0, 0.1) is 0 Å². The van der Waals surface area contributed by atoms with Crippen LogP contribution in [-0.2, 0) is 11.3 Å². The van der Waals surface area contributed by atoms with Crippen LogP contribution in [0.1, 0.15) is 22.8 Å². The molecule has 1 unspecified atom stereocenters. The number of halogens is 1. The molecule has 5 nitrogen and oxygen atoms in total. The molecule has 120 valence electrons. The van der Waals surface area contributed by atoms with Gasteiger partial charge in [-0.05, 0) is 36.8 Å². The van der Waals surface area contributed by atoms with Gasteiger partial charge in [-0.1, -0.05) is 35.9 Å². The number of para-hydroxylation sites is 1. The topological polar surface area (TPSA) is 81.4 Å². The van der Waals surface area contributed by atoms with Gasteiger partial charge in [-0.25, -0.2) is 0 Å². The molecule has 0 aliphatic carbocycles. The van der Waals surface area contributed by atoms with Crippen LogP contribution >= 0.6 is 11.6 Å². The number of hydrogen-bond donors (Lipinski definition) is 2. The van der Waals surface area contributed by atoms with Gasteiger partial charge in [0, 0.05) is 11.6 Å². The minimum atomic E-state index is -0.761. The van der Waals surface area contributed by atoms with E-state index in [9.17, 15) is 9.59 Å². The Morgan fingerprint density at radius 3 is 2.48 bits per heavy atom. The molecule has 23 heavy (non-hydrogen) atoms. The van der Waals surface area contributed by atoms with Crippen LogP contribution in [0.25, 0.3) is 0 Å². The normalized spacial score (nSPS) is 11.6. The number of carbonyl (C=O) groups excluding carboxylic acids is 2. The third-order valence-electron chi connectivity index (χ3n) is 3.21. The lowest BCUT2D eigenvalue weighted by Crippen LogP contribution is -2.36. The molecule has 6 heteroatoms. The number of primary amides is 1. The molecular formula is C17H17ClN2O3. The lowest BCUT2D eigenvalue weighted by Gasteiger charge is -2.16. The zero-order chi connectivity index (χ0) is 16.8. The lowest BCUT2D eigenvalue weighted by molar-refractivity contribution is -0.127. The molecule has 0 spiro atoms. The zero-order valence-corrected chi connectivity index (χ0v) is 13.3. The van der Waals surface area contributed by atoms with Crippen molar-refractivity contribution < 1.29 is 14.3 Å². The molecule has 0 aliphatic rings. The van der Waals surface area contributed by atoms with Gasteiger partial charge in [0.05, 0.1) is 5.56 Å². The summed E-state index contributed by atoms with van der Waals surface area (Å²) in [6.07, 6.45) is -0.761. The second kappa shape index (κ2) is 7.65. The van der Waals surface area contributed by atoms with Gasteiger partial charge in [0.25, 0.3) is 11.8 Å². The van der Waals surface area contributed by atoms with E-state index in [2.05, 4.69) is 5.32 Å². The van der Waals surface area contributed by atoms with Gasteiger partial charge in [-0.15, -0.1) is 0 Å². The first-order valence-corrected chi connectivity index (χ1v) is 7.43. The number of ether oxygens (including phenoxy) is 1. The van der Waals surface area contributed by atoms with Crippen molar-refractivity contribution in [3.05, 3.63) is 64.7 Å². The molecule has 0 saturated carbocycles. The highest BCUT2D eigenvalue weighted by Crippen LogP contribution is 2.18. The first-order chi connectivity index (χ1) is 11.0. The zero-order valence-electron chi connectivity index (χ0n) is 12.6. The van der Waals surface area contributed by atoms with Gasteiger partial charge in [0.15, 0.2) is 6.10 Å². The number of hydrogen-bond acceptors (Lipinski definition) is 3. The molecule has 3 N–H and O–H groups in total. The smallest absolute Gasteiger partial charge is 0.261 e. The van der Waals surface area contributed by atoms with Crippen LogP contribution in [0.2, 0.25) is 5.02 Å². The number of amides is 2. The van der Waals surface area contributed by atoms with E-state index < -0.39 is 12.0 Å². The second-order valence-electron chi connectivity index (χ2n) is 4.96. The number of nitrogens with two attached hydrogens (primary N) is 1. The first-order valence-electron chi connectivity index (χ1n) is 7.05. The molecule has 0 heterocycles. The molecule has 0 aliphatic heterocycles. The van der Waals surface area contributed by atoms with Crippen molar-refractivity contribution in [2.24, 2.45) is 5.73 Å². The van der Waals surface area contributed by atoms with Crippen LogP contribution in [-0.4, -0.2) is 17.9 Å². The summed E-state index contributed by atoms with van der Waals surface area (Å²) < 4.78 is 5.54. The summed E-state index contributed by atoms with van der Waals surface area (Å²) in [5, 5.41) is 3.40. The Balaban J connectivity index is 1.95. The molecule has 2 amide bonds. The highest BCUT2D eigenvalue weighted by Gasteiger charge is 2.17. The van der Waals surface area contributed by atoms with Crippen LogP contribution in [0.4, 0.5) is 0 Å². The molecule has 2 aromatic carbocycles. The Hall–Kier alpha value is -2.53. The van der Waals surface area contributed by atoms with Crippen molar-refractivity contribution in [1.82, 2.24) is 5.32 Å². The first kappa shape index (κ1) is 16.8. The van der Waals surface area contributed by atoms with Gasteiger partial charge in [-0.3, -0.25) is 9.59 Å². The molecule has 0 radical (unpaired) electrons. The van der Waals surface area contributed by atoms with Gasteiger partial charge in [-0.2, -0.15) is 0 Å². The van der Waals surface area contributed by atoms with Gasteiger partial charge >= 0.3 is 0 Å². The SMILES string of the molecule is CC(Oc1ccccc1C(N)=O)C(=O)NCc1ccc(Cl)cc1. The Kier molecular flexibility index (Phi) is 5.60. The monoisotopic (exact) mass is 332 g/mol. The summed E-state index contributed by atoms with van der Waals surface area (Å²) in [6.45, 7) is 1.97. The van der Waals surface area contributed by atoms with Crippen molar-refractivity contribution >= 4 is 23.4 Å². The van der Waals surface area contributed by atoms with Crippen molar-refractivity contribution in [3.8, 4) is 5.75 Å². The summed E-state index contributed by atoms with van der Waals surface area (Å²) in [6, 6.07) is 13.7. The van der Waals surface area contributed by atoms with E-state index >= 15 is 0 Å². The number of rotatable bonds is 6. The fourth-order valence-corrected chi connectivity index (χ4v) is 2.08. The van der Waals surface area contributed by atoms with E-state index in [1.165, 1.54) is 0 Å². The maximum atomic E-state index is 12.1. The third kappa shape index (κ3) is 4.72. The quantitative estimate of drug-likeness (QED) is 0.852. The maximum absolute atomic E-state index is 12.1. The van der Waals surface area contributed by atoms with Crippen LogP contribution in [0.3, 0.4) is 0 Å². The van der Waals surface area contributed by atoms with Crippen molar-refractivity contribution in [1.29, 1.82) is 0 Å². The highest BCUT2D eigenvalue weighted by atomic mass is 35.5. The fourth-order valence-electron chi connectivity index (χ4n) is 1.95. The number of nitrogens with one attached hydrogen (secondary N) is 1. The molecule has 0 bridgehead atoms. The molecule has 2 rings (SSSR count). The van der Waals surface area contributed by atoms with Gasteiger partial charge in [0.2, 0.25) is 0 Å². The third-order valence-corrected chi connectivity index (χ3v) is 3.46. The molecule has 1 atom stereocenters. The van der Waals surface area contributed by atoms with E-state index in [1.807, 2.05) is 12.1 Å². The minimum absolute atomic E-state index is 0.241. The van der Waals surface area contributed by atoms with E-state index in [4.69, 9.17) is 22.1 Å². The summed E-state index contributed by atoms with van der Waals surface area (Å²) in [4.78, 5) is 23.4. The van der Waals surface area contributed by atoms with Crippen molar-refractivity contribution in [3.63, 3.8) is 0 Å². The van der Waals surface area contributed by atoms with E-state index in [0.29, 0.717) is 11.6 Å². The predicted molar refractivity (Wildman–Crippen MR) is 88.3 cm³/mol. The van der Waals surface area contributed by atoms with E-state index in [-0.39, 0.29) is 17.2 Å². The van der Waals surface area contributed by atoms with E-state index in [0.717, 1.165) is 5.56 Å². The Morgan fingerprint density at radius 1 is 1.17 bits per heavy atom. The molecule has 0 fully saturated rings. The fraction of sp³-hybridized carbons (Fsp3) is 0.176. The average molecular weight is 333 g/mol. The standard InChI is InChI=1S/C17H17ClN2O3/c1-11(23-15-5-3-2-4-14(15)16(19)21)17(22)20-10-12-6-8-13(18)9-7-12/h2-9,11H,10H2,1H3,(H2,19,21)(H,20,22). The molecule has 0 aromatic heterocycles. The van der Waals surface area contributed by atoms with E-state index in [1.54, 1.807) is 43.3 Å². The maximum Gasteiger partial charge on any atom is 0.261 e. The molecule has 0 saturated heterocycles. The summed E-state index contributed by atoms with van der Waals surface area (Å²) >= 11 is 5.81. The predicted octanol–water partition coefficient (Wildman–Crippen LogP) is 2.52. The van der Waals surface area contributed by atoms with Crippen molar-refractivity contribution in [2.75, 3.05) is 0 Å². The largest absolute Gasteiger partial charge is 0.480 e. The molecule has 2 aromatic rings. The summed E-state index contributed by atoms with van der Waals surface area (Å²) in [7, 11) is 0. The summed E-state index contributed by atoms with van der Waals surface area (Å²) in [5.74, 6) is -0.609. The van der Waals surface area contributed by atoms with Gasteiger partial charge < -0.3 is 15.8 Å². The minimum Gasteiger partial charge on any atom is -0.480 e. The van der Waals surface area contributed by atoms with Crippen molar-refractivity contribution in [2.45, 2.75) is 19.6 Å². The summed E-state index contributed by atoms with van der Waals surface area (Å²) in [5.41, 5.74) is 6.45. The Labute approximate surface area is 139 Å². The van der Waals surface area contributed by atoms with Crippen LogP contribution in [0.15, 0.2) is 48.5 Å². The number of carbonyl (C=O) groups is 2. The van der Waals surface area contributed by atoms with Gasteiger partial charge in [0.1, 0.15) is 5.75 Å². The number of benzene rings is 2. The second-order valence-corrected chi connectivity index (χ2v) is 5.40. The van der Waals surface area contributed by atoms with Crippen LogP contribution < -0.4 is 15.8 Å². The average Bonchev–Trinajstić information content (AvgIpc) is 2.54.